The molecule has 0 spiro atoms. The fourth-order valence-electron chi connectivity index (χ4n) is 5.25. The van der Waals surface area contributed by atoms with Crippen molar-refractivity contribution < 1.29 is 13.5 Å². The van der Waals surface area contributed by atoms with Crippen LogP contribution in [-0.4, -0.2) is 48.9 Å². The topological polar surface area (TPSA) is 49.9 Å². The number of carbonyl (C=O) groups is 1. The summed E-state index contributed by atoms with van der Waals surface area (Å²) in [5, 5.41) is 3.06. The molecular formula is C35H49N4O2S+. The molecule has 0 fully saturated rings. The van der Waals surface area contributed by atoms with Crippen LogP contribution in [-0.2, 0) is 22.0 Å². The molecule has 1 amide bonds. The molecule has 7 heteroatoms. The highest BCUT2D eigenvalue weighted by atomic mass is 32.1. The first kappa shape index (κ1) is 31.8. The van der Waals surface area contributed by atoms with Crippen molar-refractivity contribution in [2.75, 3.05) is 34.3 Å². The fraction of sp³-hybridized carbons (Fsp3) is 0.486. The summed E-state index contributed by atoms with van der Waals surface area (Å²) in [6.07, 6.45) is 6.53. The molecule has 3 heterocycles. The SMILES string of the molecule is COc1c(C=Cc2cc(C)c3cc4ccc(CCC(=O)NCCCN(C)C)n4s[n+]2-3)cc(C(C)(C)C)cc1C(C)(C)C. The van der Waals surface area contributed by atoms with Crippen LogP contribution in [0.3, 0.4) is 0 Å². The Hall–Kier alpha value is -3.16. The fourth-order valence-corrected chi connectivity index (χ4v) is 6.37. The molecule has 4 rings (SSSR count). The highest BCUT2D eigenvalue weighted by molar-refractivity contribution is 6.96. The summed E-state index contributed by atoms with van der Waals surface area (Å²) in [5.41, 5.74) is 9.43. The molecule has 0 bridgehead atoms. The number of hydrogen-bond donors (Lipinski definition) is 1. The summed E-state index contributed by atoms with van der Waals surface area (Å²) in [5.74, 6) is 1.04. The predicted octanol–water partition coefficient (Wildman–Crippen LogP) is 6.80. The second-order valence-corrected chi connectivity index (χ2v) is 14.6. The number of rotatable bonds is 10. The van der Waals surface area contributed by atoms with Crippen LogP contribution in [0.1, 0.15) is 88.0 Å². The third-order valence-electron chi connectivity index (χ3n) is 7.75. The maximum absolute atomic E-state index is 12.5. The summed E-state index contributed by atoms with van der Waals surface area (Å²) in [7, 11) is 5.87. The van der Waals surface area contributed by atoms with Gasteiger partial charge in [-0.3, -0.25) is 4.79 Å². The van der Waals surface area contributed by atoms with Gasteiger partial charge >= 0.3 is 0 Å². The lowest BCUT2D eigenvalue weighted by atomic mass is 9.79. The van der Waals surface area contributed by atoms with Crippen molar-refractivity contribution >= 4 is 35.3 Å². The van der Waals surface area contributed by atoms with E-state index in [1.807, 2.05) is 0 Å². The van der Waals surface area contributed by atoms with Crippen LogP contribution in [0.2, 0.25) is 0 Å². The zero-order chi connectivity index (χ0) is 30.8. The molecule has 42 heavy (non-hydrogen) atoms. The van der Waals surface area contributed by atoms with Gasteiger partial charge in [-0.1, -0.05) is 47.6 Å². The van der Waals surface area contributed by atoms with Gasteiger partial charge in [0.25, 0.3) is 0 Å². The largest absolute Gasteiger partial charge is 0.496 e. The molecule has 6 nitrogen and oxygen atoms in total. The van der Waals surface area contributed by atoms with Gasteiger partial charge in [-0.2, -0.15) is 0 Å². The van der Waals surface area contributed by atoms with Gasteiger partial charge in [-0.25, -0.2) is 0 Å². The van der Waals surface area contributed by atoms with Crippen molar-refractivity contribution in [2.45, 2.75) is 78.6 Å². The van der Waals surface area contributed by atoms with Crippen LogP contribution < -0.4 is 14.0 Å². The Bertz CT molecular complexity index is 1550. The Morgan fingerprint density at radius 1 is 1.05 bits per heavy atom. The Balaban J connectivity index is 1.65. The molecule has 226 valence electrons. The van der Waals surface area contributed by atoms with E-state index in [2.05, 4.69) is 129 Å². The van der Waals surface area contributed by atoms with Gasteiger partial charge < -0.3 is 15.0 Å². The number of fused-ring (bicyclic) bond motifs is 2. The summed E-state index contributed by atoms with van der Waals surface area (Å²) < 4.78 is 10.5. The van der Waals surface area contributed by atoms with Gasteiger partial charge in [0.05, 0.1) is 7.11 Å². The zero-order valence-electron chi connectivity index (χ0n) is 27.2. The minimum Gasteiger partial charge on any atom is -0.496 e. The van der Waals surface area contributed by atoms with Gasteiger partial charge in [-0.05, 0) is 86.8 Å². The monoisotopic (exact) mass is 589 g/mol. The number of aryl methyl sites for hydroxylation is 2. The average Bonchev–Trinajstić information content (AvgIpc) is 3.45. The van der Waals surface area contributed by atoms with Crippen molar-refractivity contribution in [1.82, 2.24) is 14.0 Å². The minimum absolute atomic E-state index is 0.0226. The maximum Gasteiger partial charge on any atom is 0.242 e. The van der Waals surface area contributed by atoms with Gasteiger partial charge in [0.15, 0.2) is 5.69 Å². The number of carbonyl (C=O) groups excluding carboxylic acids is 1. The van der Waals surface area contributed by atoms with Crippen molar-refractivity contribution in [1.29, 1.82) is 0 Å². The van der Waals surface area contributed by atoms with Crippen LogP contribution in [0.5, 0.6) is 5.75 Å². The summed E-state index contributed by atoms with van der Waals surface area (Å²) >= 11 is 1.68. The molecular weight excluding hydrogens is 540 g/mol. The smallest absolute Gasteiger partial charge is 0.242 e. The van der Waals surface area contributed by atoms with Crippen molar-refractivity contribution in [2.24, 2.45) is 0 Å². The quantitative estimate of drug-likeness (QED) is 0.164. The second kappa shape index (κ2) is 12.6. The third-order valence-corrected chi connectivity index (χ3v) is 8.93. The first-order valence-electron chi connectivity index (χ1n) is 15.0. The zero-order valence-corrected chi connectivity index (χ0v) is 28.0. The number of benzene rings is 1. The Morgan fingerprint density at radius 3 is 2.43 bits per heavy atom. The highest BCUT2D eigenvalue weighted by Gasteiger charge is 2.26. The van der Waals surface area contributed by atoms with Crippen LogP contribution in [0.15, 0.2) is 36.4 Å². The van der Waals surface area contributed by atoms with E-state index in [0.29, 0.717) is 19.4 Å². The van der Waals surface area contributed by atoms with Crippen molar-refractivity contribution in [3.05, 3.63) is 70.0 Å². The molecule has 2 aliphatic heterocycles. The van der Waals surface area contributed by atoms with Crippen molar-refractivity contribution in [3.8, 4) is 11.4 Å². The highest BCUT2D eigenvalue weighted by Crippen LogP contribution is 2.39. The summed E-state index contributed by atoms with van der Waals surface area (Å²) in [6.45, 7) is 17.4. The number of amides is 1. The van der Waals surface area contributed by atoms with Gasteiger partial charge in [0, 0.05) is 42.1 Å². The molecule has 0 unspecified atom stereocenters. The van der Waals surface area contributed by atoms with Crippen LogP contribution >= 0.6 is 11.7 Å². The van der Waals surface area contributed by atoms with E-state index in [9.17, 15) is 4.79 Å². The first-order valence-corrected chi connectivity index (χ1v) is 15.7. The molecule has 0 saturated carbocycles. The maximum atomic E-state index is 12.5. The lowest BCUT2D eigenvalue weighted by Gasteiger charge is -2.28. The van der Waals surface area contributed by atoms with E-state index in [-0.39, 0.29) is 16.7 Å². The van der Waals surface area contributed by atoms with E-state index >= 15 is 0 Å². The first-order chi connectivity index (χ1) is 19.7. The van der Waals surface area contributed by atoms with Crippen LogP contribution in [0.25, 0.3) is 23.4 Å². The molecule has 2 aromatic rings. The number of nitrogens with zero attached hydrogens (tertiary/aromatic N) is 3. The average molecular weight is 590 g/mol. The van der Waals surface area contributed by atoms with Gasteiger partial charge in [0.1, 0.15) is 22.7 Å². The minimum atomic E-state index is -0.0465. The lowest BCUT2D eigenvalue weighted by molar-refractivity contribution is -0.522. The molecule has 2 aliphatic rings. The van der Waals surface area contributed by atoms with E-state index in [1.54, 1.807) is 18.8 Å². The second-order valence-electron chi connectivity index (χ2n) is 13.7. The van der Waals surface area contributed by atoms with E-state index in [4.69, 9.17) is 4.74 Å². The van der Waals surface area contributed by atoms with E-state index < -0.39 is 0 Å². The van der Waals surface area contributed by atoms with E-state index in [1.165, 1.54) is 22.4 Å². The number of ether oxygens (including phenoxy) is 1. The summed E-state index contributed by atoms with van der Waals surface area (Å²) in [6, 6.07) is 13.4. The predicted molar refractivity (Wildman–Crippen MR) is 177 cm³/mol. The number of methoxy groups -OCH3 is 1. The standard InChI is InChI=1S/C35H48N4O2S/c1-24-20-28(13-12-25-21-26(34(2,3)4)22-30(33(25)41-10)35(5,6)7)39-31(24)23-29-15-14-27(38(29)42-39)16-17-32(40)36-18-11-19-37(8)9/h12-15,20-23H,11,16-19H2,1-10H3/p+1. The van der Waals surface area contributed by atoms with E-state index in [0.717, 1.165) is 41.2 Å². The number of nitrogens with one attached hydrogen (secondary N) is 1. The van der Waals surface area contributed by atoms with Gasteiger partial charge in [0.2, 0.25) is 17.6 Å². The molecule has 0 radical (unpaired) electrons. The normalized spacial score (nSPS) is 12.7. The molecule has 1 aromatic heterocycles. The Morgan fingerprint density at radius 2 is 1.79 bits per heavy atom. The third kappa shape index (κ3) is 7.24. The van der Waals surface area contributed by atoms with Crippen molar-refractivity contribution in [3.63, 3.8) is 0 Å². The molecule has 1 N–H and O–H groups in total. The molecule has 0 atom stereocenters. The molecule has 0 aliphatic carbocycles. The Labute approximate surface area is 256 Å². The lowest BCUT2D eigenvalue weighted by Crippen LogP contribution is -2.30. The van der Waals surface area contributed by atoms with Gasteiger partial charge in [-0.15, -0.1) is 7.75 Å². The molecule has 1 aromatic carbocycles. The van der Waals surface area contributed by atoms with Crippen LogP contribution in [0, 0.1) is 6.92 Å². The summed E-state index contributed by atoms with van der Waals surface area (Å²) in [4.78, 5) is 14.6. The van der Waals surface area contributed by atoms with Crippen LogP contribution in [0.4, 0.5) is 0 Å². The number of hydrogen-bond acceptors (Lipinski definition) is 4. The Kier molecular flexibility index (Phi) is 9.53. The number of aromatic nitrogens is 2. The molecule has 0 saturated heterocycles.